The van der Waals surface area contributed by atoms with Crippen molar-refractivity contribution in [3.63, 3.8) is 0 Å². The van der Waals surface area contributed by atoms with Crippen LogP contribution < -0.4 is 4.90 Å². The molecule has 7 nitrogen and oxygen atoms in total. The Balaban J connectivity index is 2.18. The molecule has 1 aliphatic rings. The van der Waals surface area contributed by atoms with E-state index in [-0.39, 0.29) is 0 Å². The molecule has 5 N–H and O–H groups in total. The zero-order valence-electron chi connectivity index (χ0n) is 11.0. The maximum atomic E-state index is 10.3. The Hall–Kier alpha value is -0.991. The molecule has 21 heavy (non-hydrogen) atoms. The summed E-state index contributed by atoms with van der Waals surface area (Å²) >= 11 is 2.70. The van der Waals surface area contributed by atoms with Crippen molar-refractivity contribution in [2.75, 3.05) is 11.5 Å². The third-order valence-electron chi connectivity index (χ3n) is 3.35. The Morgan fingerprint density at radius 2 is 1.81 bits per heavy atom. The average Bonchev–Trinajstić information content (AvgIpc) is 2.80. The fourth-order valence-electron chi connectivity index (χ4n) is 2.16. The first kappa shape index (κ1) is 16.4. The number of hydrogen-bond donors (Lipinski definition) is 5. The minimum absolute atomic E-state index is 0.364. The summed E-state index contributed by atoms with van der Waals surface area (Å²) in [6.45, 7) is -0.696. The Morgan fingerprint density at radius 3 is 2.38 bits per heavy atom. The zero-order chi connectivity index (χ0) is 15.6. The predicted molar refractivity (Wildman–Crippen MR) is 77.0 cm³/mol. The van der Waals surface area contributed by atoms with Gasteiger partial charge in [0.2, 0.25) is 0 Å². The van der Waals surface area contributed by atoms with E-state index in [0.29, 0.717) is 10.4 Å². The first-order valence-electron chi connectivity index (χ1n) is 6.39. The van der Waals surface area contributed by atoms with Crippen molar-refractivity contribution in [3.8, 4) is 0 Å². The molecule has 1 aromatic carbocycles. The number of aliphatic hydroxyl groups excluding tert-OH is 5. The third kappa shape index (κ3) is 3.27. The fraction of sp³-hybridized carbons (Fsp3) is 0.462. The van der Waals surface area contributed by atoms with E-state index in [9.17, 15) is 20.4 Å². The predicted octanol–water partition coefficient (Wildman–Crippen LogP) is -2.21. The number of aliphatic imine (C=N–C) groups is 1. The SMILES string of the molecule is OC[C@@H](O)[C@@H](O)[C@H](O)[C@@H]1N=C([Se])N(c2ccccc2)C1O. The summed E-state index contributed by atoms with van der Waals surface area (Å²) < 4.78 is 0.364. The number of para-hydroxylation sites is 1. The second kappa shape index (κ2) is 6.85. The van der Waals surface area contributed by atoms with E-state index in [0.717, 1.165) is 0 Å². The Kier molecular flexibility index (Phi) is 5.34. The molecule has 0 spiro atoms. The minimum atomic E-state index is -1.61. The van der Waals surface area contributed by atoms with Crippen LogP contribution in [0.1, 0.15) is 0 Å². The molecule has 1 aromatic rings. The van der Waals surface area contributed by atoms with Crippen LogP contribution in [0, 0.1) is 0 Å². The number of hydrogen-bond acceptors (Lipinski definition) is 7. The van der Waals surface area contributed by atoms with E-state index >= 15 is 0 Å². The molecule has 0 amide bonds. The molecule has 0 fully saturated rings. The Bertz CT molecular complexity index is 501. The van der Waals surface area contributed by atoms with Crippen LogP contribution in [-0.4, -0.2) is 83.5 Å². The molecule has 1 heterocycles. The second-order valence-corrected chi connectivity index (χ2v) is 5.52. The van der Waals surface area contributed by atoms with Gasteiger partial charge in [0.1, 0.15) is 0 Å². The van der Waals surface area contributed by atoms with Gasteiger partial charge in [-0.3, -0.25) is 0 Å². The second-order valence-electron chi connectivity index (χ2n) is 4.75. The zero-order valence-corrected chi connectivity index (χ0v) is 12.7. The molecule has 0 saturated heterocycles. The molecule has 1 aliphatic heterocycles. The van der Waals surface area contributed by atoms with Gasteiger partial charge in [0, 0.05) is 0 Å². The van der Waals surface area contributed by atoms with Crippen LogP contribution in [0.2, 0.25) is 0 Å². The number of aliphatic hydroxyl groups is 5. The topological polar surface area (TPSA) is 117 Å². The van der Waals surface area contributed by atoms with Gasteiger partial charge in [-0.05, 0) is 0 Å². The van der Waals surface area contributed by atoms with Crippen LogP contribution in [0.25, 0.3) is 0 Å². The van der Waals surface area contributed by atoms with E-state index in [1.54, 1.807) is 24.3 Å². The molecule has 0 bridgehead atoms. The molecule has 0 saturated carbocycles. The molecular weight excluding hydrogens is 343 g/mol. The summed E-state index contributed by atoms with van der Waals surface area (Å²) in [5.74, 6) is 0. The van der Waals surface area contributed by atoms with E-state index in [1.165, 1.54) is 4.90 Å². The van der Waals surface area contributed by atoms with E-state index in [2.05, 4.69) is 21.0 Å². The number of benzene rings is 1. The van der Waals surface area contributed by atoms with Gasteiger partial charge in [-0.1, -0.05) is 0 Å². The molecule has 1 unspecified atom stereocenters. The van der Waals surface area contributed by atoms with Gasteiger partial charge in [0.15, 0.2) is 0 Å². The molecule has 8 heteroatoms. The van der Waals surface area contributed by atoms with Gasteiger partial charge in [0.05, 0.1) is 0 Å². The maximum absolute atomic E-state index is 10.3. The number of rotatable bonds is 5. The van der Waals surface area contributed by atoms with Crippen molar-refractivity contribution in [1.29, 1.82) is 0 Å². The van der Waals surface area contributed by atoms with Gasteiger partial charge in [-0.2, -0.15) is 0 Å². The number of amidine groups is 1. The molecule has 2 rings (SSSR count). The van der Waals surface area contributed by atoms with E-state index in [1.807, 2.05) is 6.07 Å². The number of nitrogens with zero attached hydrogens (tertiary/aromatic N) is 2. The Morgan fingerprint density at radius 1 is 1.19 bits per heavy atom. The Labute approximate surface area is 130 Å². The first-order chi connectivity index (χ1) is 9.97. The molecule has 5 atom stereocenters. The van der Waals surface area contributed by atoms with Gasteiger partial charge in [0.25, 0.3) is 0 Å². The summed E-state index contributed by atoms with van der Waals surface area (Å²) in [5, 5.41) is 48.3. The first-order valence-corrected chi connectivity index (χ1v) is 7.25. The van der Waals surface area contributed by atoms with Crippen LogP contribution in [0.4, 0.5) is 5.69 Å². The average molecular weight is 360 g/mol. The molecule has 1 radical (unpaired) electrons. The summed E-state index contributed by atoms with van der Waals surface area (Å²) in [6, 6.07) is 7.91. The van der Waals surface area contributed by atoms with E-state index in [4.69, 9.17) is 5.11 Å². The van der Waals surface area contributed by atoms with Crippen molar-refractivity contribution in [3.05, 3.63) is 30.3 Å². The summed E-state index contributed by atoms with van der Waals surface area (Å²) in [7, 11) is 0. The van der Waals surface area contributed by atoms with Gasteiger partial charge in [-0.15, -0.1) is 0 Å². The summed E-state index contributed by atoms with van der Waals surface area (Å²) in [6.07, 6.45) is -5.82. The van der Waals surface area contributed by atoms with Crippen molar-refractivity contribution in [1.82, 2.24) is 0 Å². The van der Waals surface area contributed by atoms with Crippen molar-refractivity contribution >= 4 is 26.4 Å². The standard InChI is InChI=1S/C13H17N2O5Se/c16-6-8(17)10(18)11(19)9-12(20)15(13(21)14-9)7-4-2-1-3-5-7/h1-5,8-12,16-20H,6H2/t8-,9+,10-,11-,12?/m1/s1. The fourth-order valence-corrected chi connectivity index (χ4v) is 2.87. The van der Waals surface area contributed by atoms with Crippen LogP contribution >= 0.6 is 0 Å². The molecule has 0 aliphatic carbocycles. The monoisotopic (exact) mass is 361 g/mol. The quantitative estimate of drug-likeness (QED) is 0.381. The summed E-state index contributed by atoms with van der Waals surface area (Å²) in [4.78, 5) is 5.58. The van der Waals surface area contributed by atoms with Crippen LogP contribution in [-0.2, 0) is 0 Å². The van der Waals surface area contributed by atoms with Crippen molar-refractivity contribution in [2.24, 2.45) is 4.99 Å². The molecular formula is C13H17N2O5Se. The molecule has 0 aromatic heterocycles. The number of anilines is 1. The van der Waals surface area contributed by atoms with Gasteiger partial charge in [-0.25, -0.2) is 0 Å². The van der Waals surface area contributed by atoms with Crippen LogP contribution in [0.5, 0.6) is 0 Å². The van der Waals surface area contributed by atoms with Gasteiger partial charge < -0.3 is 0 Å². The van der Waals surface area contributed by atoms with Crippen LogP contribution in [0.3, 0.4) is 0 Å². The third-order valence-corrected chi connectivity index (χ3v) is 3.98. The van der Waals surface area contributed by atoms with E-state index < -0.39 is 37.2 Å². The molecule has 115 valence electrons. The van der Waals surface area contributed by atoms with Crippen molar-refractivity contribution in [2.45, 2.75) is 30.6 Å². The summed E-state index contributed by atoms with van der Waals surface area (Å²) in [5.41, 5.74) is 0.675. The van der Waals surface area contributed by atoms with Crippen LogP contribution in [0.15, 0.2) is 35.3 Å². The van der Waals surface area contributed by atoms with Crippen molar-refractivity contribution < 1.29 is 25.5 Å². The normalized spacial score (nSPS) is 26.3. The van der Waals surface area contributed by atoms with Gasteiger partial charge >= 0.3 is 129 Å².